The Labute approximate surface area is 136 Å². The Bertz CT molecular complexity index is 530. The van der Waals surface area contributed by atoms with E-state index in [1.165, 1.54) is 0 Å². The molecule has 1 spiro atoms. The number of halogens is 2. The smallest absolute Gasteiger partial charge is 0.228 e. The van der Waals surface area contributed by atoms with Crippen LogP contribution in [0, 0.1) is 11.3 Å². The summed E-state index contributed by atoms with van der Waals surface area (Å²) in [5.41, 5.74) is 0.999. The molecule has 1 aromatic carbocycles. The molecule has 0 radical (unpaired) electrons. The van der Waals surface area contributed by atoms with E-state index in [4.69, 9.17) is 16.3 Å². The van der Waals surface area contributed by atoms with Gasteiger partial charge in [-0.05, 0) is 49.9 Å². The minimum Gasteiger partial charge on any atom is -0.495 e. The second-order valence-electron chi connectivity index (χ2n) is 5.71. The highest BCUT2D eigenvalue weighted by molar-refractivity contribution is 6.32. The summed E-state index contributed by atoms with van der Waals surface area (Å²) >= 11 is 5.98. The van der Waals surface area contributed by atoms with Crippen molar-refractivity contribution in [3.63, 3.8) is 0 Å². The number of hydrogen-bond donors (Lipinski definition) is 2. The summed E-state index contributed by atoms with van der Waals surface area (Å²) in [6.45, 7) is 2.05. The van der Waals surface area contributed by atoms with Gasteiger partial charge in [0, 0.05) is 17.7 Å². The largest absolute Gasteiger partial charge is 0.495 e. The predicted molar refractivity (Wildman–Crippen MR) is 86.5 cm³/mol. The van der Waals surface area contributed by atoms with Crippen LogP contribution in [0.3, 0.4) is 0 Å². The van der Waals surface area contributed by atoms with Gasteiger partial charge in [0.05, 0.1) is 12.1 Å². The number of rotatable bonds is 3. The van der Waals surface area contributed by atoms with Crippen LogP contribution in [0.5, 0.6) is 5.75 Å². The molecule has 2 aliphatic rings. The van der Waals surface area contributed by atoms with E-state index < -0.39 is 0 Å². The topological polar surface area (TPSA) is 50.4 Å². The molecule has 2 N–H and O–H groups in total. The molecular formula is C15H20Cl2N2O2. The maximum Gasteiger partial charge on any atom is 0.228 e. The van der Waals surface area contributed by atoms with Crippen molar-refractivity contribution in [3.05, 3.63) is 23.2 Å². The van der Waals surface area contributed by atoms with Crippen LogP contribution in [0.25, 0.3) is 0 Å². The SMILES string of the molecule is COc1cc(NC(=O)C2CC23CCNCC3)ccc1Cl.Cl. The van der Waals surface area contributed by atoms with Crippen molar-refractivity contribution in [3.8, 4) is 5.75 Å². The quantitative estimate of drug-likeness (QED) is 0.895. The highest BCUT2D eigenvalue weighted by Gasteiger charge is 2.57. The van der Waals surface area contributed by atoms with E-state index in [0.717, 1.165) is 38.0 Å². The summed E-state index contributed by atoms with van der Waals surface area (Å²) in [5.74, 6) is 0.861. The van der Waals surface area contributed by atoms with Crippen molar-refractivity contribution in [2.24, 2.45) is 11.3 Å². The van der Waals surface area contributed by atoms with Crippen molar-refractivity contribution in [2.75, 3.05) is 25.5 Å². The Hall–Kier alpha value is -0.970. The summed E-state index contributed by atoms with van der Waals surface area (Å²) in [7, 11) is 1.57. The lowest BCUT2D eigenvalue weighted by Gasteiger charge is -2.23. The first-order valence-electron chi connectivity index (χ1n) is 7.00. The molecule has 1 saturated heterocycles. The lowest BCUT2D eigenvalue weighted by Crippen LogP contribution is -2.31. The molecule has 1 aromatic rings. The summed E-state index contributed by atoms with van der Waals surface area (Å²) in [5, 5.41) is 6.88. The average Bonchev–Trinajstić information content (AvgIpc) is 3.15. The van der Waals surface area contributed by atoms with E-state index in [-0.39, 0.29) is 29.6 Å². The van der Waals surface area contributed by atoms with E-state index in [2.05, 4.69) is 10.6 Å². The number of piperidine rings is 1. The van der Waals surface area contributed by atoms with Gasteiger partial charge >= 0.3 is 0 Å². The molecule has 21 heavy (non-hydrogen) atoms. The molecule has 3 rings (SSSR count). The Morgan fingerprint density at radius 3 is 2.81 bits per heavy atom. The fraction of sp³-hybridized carbons (Fsp3) is 0.533. The minimum absolute atomic E-state index is 0. The maximum atomic E-state index is 12.3. The van der Waals surface area contributed by atoms with E-state index >= 15 is 0 Å². The summed E-state index contributed by atoms with van der Waals surface area (Å²) in [4.78, 5) is 12.3. The third-order valence-electron chi connectivity index (χ3n) is 4.52. The van der Waals surface area contributed by atoms with E-state index in [1.807, 2.05) is 0 Å². The lowest BCUT2D eigenvalue weighted by atomic mass is 9.92. The van der Waals surface area contributed by atoms with Crippen molar-refractivity contribution in [1.29, 1.82) is 0 Å². The fourth-order valence-corrected chi connectivity index (χ4v) is 3.36. The Balaban J connectivity index is 0.00000161. The highest BCUT2D eigenvalue weighted by Crippen LogP contribution is 2.58. The Morgan fingerprint density at radius 2 is 2.14 bits per heavy atom. The molecule has 116 valence electrons. The van der Waals surface area contributed by atoms with Crippen molar-refractivity contribution >= 4 is 35.6 Å². The van der Waals surface area contributed by atoms with Crippen molar-refractivity contribution < 1.29 is 9.53 Å². The number of carbonyl (C=O) groups excluding carboxylic acids is 1. The van der Waals surface area contributed by atoms with Crippen LogP contribution in [0.15, 0.2) is 18.2 Å². The minimum atomic E-state index is 0. The third kappa shape index (κ3) is 3.28. The molecule has 0 aromatic heterocycles. The van der Waals surface area contributed by atoms with E-state index in [0.29, 0.717) is 10.8 Å². The van der Waals surface area contributed by atoms with Gasteiger partial charge in [-0.15, -0.1) is 12.4 Å². The van der Waals surface area contributed by atoms with Gasteiger partial charge in [0.15, 0.2) is 0 Å². The van der Waals surface area contributed by atoms with Gasteiger partial charge in [0.2, 0.25) is 5.91 Å². The molecule has 1 saturated carbocycles. The van der Waals surface area contributed by atoms with Crippen LogP contribution < -0.4 is 15.4 Å². The van der Waals surface area contributed by atoms with E-state index in [9.17, 15) is 4.79 Å². The van der Waals surface area contributed by atoms with Gasteiger partial charge < -0.3 is 15.4 Å². The highest BCUT2D eigenvalue weighted by atomic mass is 35.5. The number of carbonyl (C=O) groups is 1. The molecule has 1 atom stereocenters. The lowest BCUT2D eigenvalue weighted by molar-refractivity contribution is -0.118. The number of ether oxygens (including phenoxy) is 1. The van der Waals surface area contributed by atoms with Gasteiger partial charge in [-0.1, -0.05) is 11.6 Å². The zero-order valence-electron chi connectivity index (χ0n) is 11.9. The van der Waals surface area contributed by atoms with Gasteiger partial charge in [-0.2, -0.15) is 0 Å². The molecule has 1 heterocycles. The first-order valence-corrected chi connectivity index (χ1v) is 7.37. The summed E-state index contributed by atoms with van der Waals surface area (Å²) in [6, 6.07) is 5.31. The van der Waals surface area contributed by atoms with E-state index in [1.54, 1.807) is 25.3 Å². The van der Waals surface area contributed by atoms with Crippen LogP contribution in [-0.2, 0) is 4.79 Å². The zero-order chi connectivity index (χ0) is 14.2. The predicted octanol–water partition coefficient (Wildman–Crippen LogP) is 3.10. The second-order valence-corrected chi connectivity index (χ2v) is 6.11. The molecule has 4 nitrogen and oxygen atoms in total. The van der Waals surface area contributed by atoms with Crippen molar-refractivity contribution in [1.82, 2.24) is 5.32 Å². The number of methoxy groups -OCH3 is 1. The van der Waals surface area contributed by atoms with Gasteiger partial charge in [0.25, 0.3) is 0 Å². The van der Waals surface area contributed by atoms with Crippen LogP contribution in [0.4, 0.5) is 5.69 Å². The van der Waals surface area contributed by atoms with Crippen molar-refractivity contribution in [2.45, 2.75) is 19.3 Å². The van der Waals surface area contributed by atoms with Gasteiger partial charge in [-0.25, -0.2) is 0 Å². The van der Waals surface area contributed by atoms with Crippen LogP contribution in [0.1, 0.15) is 19.3 Å². The first-order chi connectivity index (χ1) is 9.64. The number of amides is 1. The fourth-order valence-electron chi connectivity index (χ4n) is 3.16. The molecule has 1 amide bonds. The molecule has 1 aliphatic carbocycles. The molecule has 0 bridgehead atoms. The number of anilines is 1. The normalized spacial score (nSPS) is 22.3. The maximum absolute atomic E-state index is 12.3. The number of nitrogens with one attached hydrogen (secondary N) is 2. The second kappa shape index (κ2) is 6.42. The number of hydrogen-bond acceptors (Lipinski definition) is 3. The van der Waals surface area contributed by atoms with Crippen LogP contribution >= 0.6 is 24.0 Å². The molecular weight excluding hydrogens is 311 g/mol. The monoisotopic (exact) mass is 330 g/mol. The molecule has 2 fully saturated rings. The number of benzene rings is 1. The standard InChI is InChI=1S/C15H19ClN2O2.ClH/c1-20-13-8-10(2-3-12(13)16)18-14(19)11-9-15(11)4-6-17-7-5-15;/h2-3,8,11,17H,4-7,9H2,1H3,(H,18,19);1H. The Kier molecular flexibility index (Phi) is 5.02. The summed E-state index contributed by atoms with van der Waals surface area (Å²) in [6.07, 6.45) is 3.23. The average molecular weight is 331 g/mol. The van der Waals surface area contributed by atoms with Crippen LogP contribution in [-0.4, -0.2) is 26.1 Å². The van der Waals surface area contributed by atoms with Gasteiger partial charge in [-0.3, -0.25) is 4.79 Å². The molecule has 6 heteroatoms. The Morgan fingerprint density at radius 1 is 1.43 bits per heavy atom. The van der Waals surface area contributed by atoms with Gasteiger partial charge in [0.1, 0.15) is 5.75 Å². The summed E-state index contributed by atoms with van der Waals surface area (Å²) < 4.78 is 5.16. The third-order valence-corrected chi connectivity index (χ3v) is 4.84. The molecule has 1 aliphatic heterocycles. The first kappa shape index (κ1) is 16.4. The zero-order valence-corrected chi connectivity index (χ0v) is 13.5. The van der Waals surface area contributed by atoms with Crippen LogP contribution in [0.2, 0.25) is 5.02 Å². The molecule has 1 unspecified atom stereocenters.